The Hall–Kier alpha value is -2.07. The zero-order chi connectivity index (χ0) is 19.6. The molecule has 0 bridgehead atoms. The summed E-state index contributed by atoms with van der Waals surface area (Å²) in [6, 6.07) is 8.66. The number of carbonyl (C=O) groups is 1. The zero-order valence-corrected chi connectivity index (χ0v) is 17.5. The molecule has 0 saturated carbocycles. The number of benzene rings is 1. The van der Waals surface area contributed by atoms with E-state index >= 15 is 0 Å². The summed E-state index contributed by atoms with van der Waals surface area (Å²) in [5.41, 5.74) is 1.96. The molecule has 0 aliphatic carbocycles. The first kappa shape index (κ1) is 19.7. The third-order valence-corrected chi connectivity index (χ3v) is 7.63. The number of carbonyl (C=O) groups excluding carboxylic acids is 1. The molecule has 1 amide bonds. The first-order chi connectivity index (χ1) is 12.8. The molecule has 0 fully saturated rings. The van der Waals surface area contributed by atoms with E-state index in [4.69, 9.17) is 0 Å². The summed E-state index contributed by atoms with van der Waals surface area (Å²) >= 11 is 3.11. The van der Waals surface area contributed by atoms with Crippen LogP contribution in [0.1, 0.15) is 11.3 Å². The first-order valence-corrected chi connectivity index (χ1v) is 11.3. The molecule has 6 nitrogen and oxygen atoms in total. The number of sulfonamides is 1. The highest BCUT2D eigenvalue weighted by Gasteiger charge is 2.19. The lowest BCUT2D eigenvalue weighted by atomic mass is 10.2. The molecule has 0 aliphatic heterocycles. The number of rotatable bonds is 6. The summed E-state index contributed by atoms with van der Waals surface area (Å²) in [7, 11) is -0.614. The van der Waals surface area contributed by atoms with Gasteiger partial charge in [-0.2, -0.15) is 0 Å². The number of nitrogens with one attached hydrogen (secondary N) is 1. The van der Waals surface area contributed by atoms with Crippen molar-refractivity contribution in [2.45, 2.75) is 18.2 Å². The summed E-state index contributed by atoms with van der Waals surface area (Å²) in [5, 5.41) is 7.55. The molecule has 2 aromatic heterocycles. The maximum absolute atomic E-state index is 12.4. The molecule has 1 N–H and O–H groups in total. The average Bonchev–Trinajstić information content (AvgIpc) is 3.27. The van der Waals surface area contributed by atoms with E-state index in [0.29, 0.717) is 11.4 Å². The quantitative estimate of drug-likeness (QED) is 0.659. The normalized spacial score (nSPS) is 11.7. The topological polar surface area (TPSA) is 79.4 Å². The summed E-state index contributed by atoms with van der Waals surface area (Å²) < 4.78 is 25.7. The number of thiazole rings is 1. The van der Waals surface area contributed by atoms with Crippen LogP contribution >= 0.6 is 22.7 Å². The van der Waals surface area contributed by atoms with Crippen molar-refractivity contribution in [3.05, 3.63) is 52.3 Å². The molecule has 0 spiro atoms. The first-order valence-electron chi connectivity index (χ1n) is 8.08. The van der Waals surface area contributed by atoms with Gasteiger partial charge in [-0.05, 0) is 36.1 Å². The third-order valence-electron chi connectivity index (χ3n) is 3.89. The highest BCUT2D eigenvalue weighted by molar-refractivity contribution is 7.89. The number of hydrogen-bond donors (Lipinski definition) is 1. The summed E-state index contributed by atoms with van der Waals surface area (Å²) in [4.78, 5) is 18.1. The number of nitrogens with zero attached hydrogens (tertiary/aromatic N) is 2. The molecule has 142 valence electrons. The molecular weight excluding hydrogens is 402 g/mol. The van der Waals surface area contributed by atoms with Crippen LogP contribution in [0, 0.1) is 6.92 Å². The summed E-state index contributed by atoms with van der Waals surface area (Å²) in [5.74, 6) is -0.236. The molecule has 0 unspecified atom stereocenters. The van der Waals surface area contributed by atoms with Crippen LogP contribution in [-0.2, 0) is 21.2 Å². The van der Waals surface area contributed by atoms with Gasteiger partial charge in [-0.15, -0.1) is 22.7 Å². The van der Waals surface area contributed by atoms with Crippen molar-refractivity contribution < 1.29 is 13.2 Å². The van der Waals surface area contributed by atoms with Crippen molar-refractivity contribution in [3.63, 3.8) is 0 Å². The van der Waals surface area contributed by atoms with Gasteiger partial charge in [0.25, 0.3) is 0 Å². The number of anilines is 1. The van der Waals surface area contributed by atoms with Gasteiger partial charge in [0.1, 0.15) is 5.01 Å². The third kappa shape index (κ3) is 4.44. The Kier molecular flexibility index (Phi) is 5.75. The minimum atomic E-state index is -3.56. The van der Waals surface area contributed by atoms with E-state index in [0.717, 1.165) is 19.8 Å². The van der Waals surface area contributed by atoms with Crippen molar-refractivity contribution >= 4 is 44.3 Å². The highest BCUT2D eigenvalue weighted by atomic mass is 32.2. The maximum Gasteiger partial charge on any atom is 0.242 e. The van der Waals surface area contributed by atoms with E-state index < -0.39 is 10.0 Å². The summed E-state index contributed by atoms with van der Waals surface area (Å²) in [6.45, 7) is 1.82. The molecule has 9 heteroatoms. The number of aromatic nitrogens is 1. The Morgan fingerprint density at radius 3 is 2.67 bits per heavy atom. The van der Waals surface area contributed by atoms with E-state index in [2.05, 4.69) is 10.3 Å². The minimum absolute atomic E-state index is 0.131. The second-order valence-corrected chi connectivity index (χ2v) is 10.1. The molecule has 0 saturated heterocycles. The van der Waals surface area contributed by atoms with Crippen molar-refractivity contribution in [1.82, 2.24) is 9.29 Å². The van der Waals surface area contributed by atoms with Crippen LogP contribution in [0.25, 0.3) is 9.88 Å². The van der Waals surface area contributed by atoms with Gasteiger partial charge in [0, 0.05) is 25.2 Å². The summed E-state index contributed by atoms with van der Waals surface area (Å²) in [6.07, 6.45) is 0.131. The van der Waals surface area contributed by atoms with Gasteiger partial charge in [-0.3, -0.25) is 4.79 Å². The fraction of sp³-hybridized carbons (Fsp3) is 0.222. The van der Waals surface area contributed by atoms with Gasteiger partial charge in [0.15, 0.2) is 0 Å². The molecule has 0 aliphatic rings. The molecule has 2 heterocycles. The zero-order valence-electron chi connectivity index (χ0n) is 15.1. The number of thiophene rings is 1. The largest absolute Gasteiger partial charge is 0.325 e. The molecule has 3 rings (SSSR count). The Labute approximate surface area is 166 Å². The van der Waals surface area contributed by atoms with Gasteiger partial charge < -0.3 is 5.32 Å². The average molecular weight is 422 g/mol. The van der Waals surface area contributed by atoms with Crippen LogP contribution in [0.2, 0.25) is 0 Å². The van der Waals surface area contributed by atoms with E-state index in [-0.39, 0.29) is 17.2 Å². The number of hydrogen-bond acceptors (Lipinski definition) is 6. The van der Waals surface area contributed by atoms with E-state index in [1.807, 2.05) is 29.8 Å². The van der Waals surface area contributed by atoms with E-state index in [1.54, 1.807) is 17.4 Å². The van der Waals surface area contributed by atoms with Crippen LogP contribution < -0.4 is 5.32 Å². The van der Waals surface area contributed by atoms with Gasteiger partial charge >= 0.3 is 0 Å². The van der Waals surface area contributed by atoms with Gasteiger partial charge in [0.2, 0.25) is 15.9 Å². The van der Waals surface area contributed by atoms with Crippen LogP contribution in [0.15, 0.2) is 46.0 Å². The van der Waals surface area contributed by atoms with Gasteiger partial charge in [-0.1, -0.05) is 12.1 Å². The fourth-order valence-corrected chi connectivity index (χ4v) is 4.93. The van der Waals surface area contributed by atoms with Crippen molar-refractivity contribution in [1.29, 1.82) is 0 Å². The van der Waals surface area contributed by atoms with E-state index in [9.17, 15) is 13.2 Å². The van der Waals surface area contributed by atoms with Gasteiger partial charge in [-0.25, -0.2) is 17.7 Å². The Morgan fingerprint density at radius 2 is 2.00 bits per heavy atom. The standard InChI is InChI=1S/C18H19N3O3S3/c1-12-6-7-14(27(23,24)21(2)3)10-15(12)20-17(22)9-13-11-26-18(19-13)16-5-4-8-25-16/h4-8,10-11H,9H2,1-3H3,(H,20,22). The predicted octanol–water partition coefficient (Wildman–Crippen LogP) is 3.61. The Morgan fingerprint density at radius 1 is 1.22 bits per heavy atom. The lowest BCUT2D eigenvalue weighted by Crippen LogP contribution is -2.22. The Balaban J connectivity index is 1.74. The smallest absolute Gasteiger partial charge is 0.242 e. The SMILES string of the molecule is Cc1ccc(S(=O)(=O)N(C)C)cc1NC(=O)Cc1csc(-c2cccs2)n1. The molecule has 0 radical (unpaired) electrons. The molecule has 27 heavy (non-hydrogen) atoms. The van der Waals surface area contributed by atoms with E-state index in [1.165, 1.54) is 37.6 Å². The minimum Gasteiger partial charge on any atom is -0.325 e. The molecule has 0 atom stereocenters. The lowest BCUT2D eigenvalue weighted by Gasteiger charge is -2.14. The number of amides is 1. The number of aryl methyl sites for hydroxylation is 1. The van der Waals surface area contributed by atoms with Crippen molar-refractivity contribution in [2.75, 3.05) is 19.4 Å². The molecule has 3 aromatic rings. The fourth-order valence-electron chi connectivity index (χ4n) is 2.37. The second-order valence-electron chi connectivity index (χ2n) is 6.11. The molecular formula is C18H19N3O3S3. The lowest BCUT2D eigenvalue weighted by molar-refractivity contribution is -0.115. The maximum atomic E-state index is 12.4. The van der Waals surface area contributed by atoms with Crippen LogP contribution in [0.5, 0.6) is 0 Å². The monoisotopic (exact) mass is 421 g/mol. The van der Waals surface area contributed by atoms with Crippen molar-refractivity contribution in [3.8, 4) is 9.88 Å². The van der Waals surface area contributed by atoms with Crippen molar-refractivity contribution in [2.24, 2.45) is 0 Å². The van der Waals surface area contributed by atoms with Crippen LogP contribution in [0.4, 0.5) is 5.69 Å². The van der Waals surface area contributed by atoms with Gasteiger partial charge in [0.05, 0.1) is 21.9 Å². The predicted molar refractivity (Wildman–Crippen MR) is 110 cm³/mol. The molecule has 1 aromatic carbocycles. The van der Waals surface area contributed by atoms with Crippen LogP contribution in [0.3, 0.4) is 0 Å². The highest BCUT2D eigenvalue weighted by Crippen LogP contribution is 2.28. The Bertz CT molecular complexity index is 1050. The second kappa shape index (κ2) is 7.89. The van der Waals surface area contributed by atoms with Crippen LogP contribution in [-0.4, -0.2) is 37.7 Å².